The summed E-state index contributed by atoms with van der Waals surface area (Å²) in [5.41, 5.74) is 2.51. The molecule has 7 heteroatoms. The monoisotopic (exact) mass is 254 g/mol. The van der Waals surface area contributed by atoms with Crippen molar-refractivity contribution in [2.75, 3.05) is 24.4 Å². The van der Waals surface area contributed by atoms with Gasteiger partial charge in [-0.1, -0.05) is 27.7 Å². The number of methoxy groups -OCH3 is 1. The Morgan fingerprint density at radius 3 is 2.33 bits per heavy atom. The van der Waals surface area contributed by atoms with E-state index in [-0.39, 0.29) is 17.4 Å². The average Bonchev–Trinajstić information content (AvgIpc) is 2.35. The molecular weight excluding hydrogens is 232 g/mol. The molecule has 1 aromatic heterocycles. The van der Waals surface area contributed by atoms with Crippen LogP contribution >= 0.6 is 0 Å². The molecule has 102 valence electrons. The Bertz CT molecular complexity index is 371. The van der Waals surface area contributed by atoms with Gasteiger partial charge < -0.3 is 10.1 Å². The molecule has 18 heavy (non-hydrogen) atoms. The molecule has 0 aromatic carbocycles. The molecule has 0 aliphatic carbocycles. The second kappa shape index (κ2) is 5.81. The SMILES string of the molecule is COc1nc(NN)nc(NCC(C)(C)C(C)C)n1. The van der Waals surface area contributed by atoms with Crippen LogP contribution in [0.2, 0.25) is 0 Å². The first-order valence-electron chi connectivity index (χ1n) is 5.89. The fraction of sp³-hybridized carbons (Fsp3) is 0.727. The molecule has 1 rings (SSSR count). The smallest absolute Gasteiger partial charge is 0.322 e. The normalized spacial score (nSPS) is 11.5. The van der Waals surface area contributed by atoms with Crippen molar-refractivity contribution in [3.8, 4) is 6.01 Å². The van der Waals surface area contributed by atoms with Crippen LogP contribution in [0.15, 0.2) is 0 Å². The number of hydrogen-bond donors (Lipinski definition) is 3. The first kappa shape index (κ1) is 14.4. The molecule has 0 bridgehead atoms. The van der Waals surface area contributed by atoms with Crippen LogP contribution in [-0.4, -0.2) is 28.6 Å². The van der Waals surface area contributed by atoms with E-state index >= 15 is 0 Å². The van der Waals surface area contributed by atoms with Crippen molar-refractivity contribution in [2.24, 2.45) is 17.2 Å². The Hall–Kier alpha value is -1.63. The van der Waals surface area contributed by atoms with Crippen LogP contribution < -0.4 is 21.3 Å². The number of nitrogens with one attached hydrogen (secondary N) is 2. The number of rotatable bonds is 6. The maximum Gasteiger partial charge on any atom is 0.322 e. The van der Waals surface area contributed by atoms with E-state index in [4.69, 9.17) is 10.6 Å². The second-order valence-corrected chi connectivity index (χ2v) is 5.11. The van der Waals surface area contributed by atoms with Gasteiger partial charge in [0.1, 0.15) is 0 Å². The summed E-state index contributed by atoms with van der Waals surface area (Å²) in [6, 6.07) is 0.225. The molecule has 1 heterocycles. The Balaban J connectivity index is 2.78. The van der Waals surface area contributed by atoms with Crippen LogP contribution in [0.3, 0.4) is 0 Å². The van der Waals surface area contributed by atoms with Gasteiger partial charge in [-0.3, -0.25) is 5.43 Å². The summed E-state index contributed by atoms with van der Waals surface area (Å²) in [5, 5.41) is 3.18. The number of nitrogen functional groups attached to an aromatic ring is 1. The number of hydrazine groups is 1. The number of anilines is 2. The summed E-state index contributed by atoms with van der Waals surface area (Å²) >= 11 is 0. The molecule has 0 spiro atoms. The molecule has 0 atom stereocenters. The van der Waals surface area contributed by atoms with Crippen LogP contribution in [-0.2, 0) is 0 Å². The molecule has 0 aliphatic heterocycles. The molecule has 1 aromatic rings. The highest BCUT2D eigenvalue weighted by Gasteiger charge is 2.22. The van der Waals surface area contributed by atoms with Crippen molar-refractivity contribution in [3.05, 3.63) is 0 Å². The zero-order valence-electron chi connectivity index (χ0n) is 11.6. The Kier molecular flexibility index (Phi) is 4.66. The molecule has 0 saturated carbocycles. The molecule has 0 saturated heterocycles. The van der Waals surface area contributed by atoms with Crippen molar-refractivity contribution in [2.45, 2.75) is 27.7 Å². The van der Waals surface area contributed by atoms with Crippen molar-refractivity contribution < 1.29 is 4.74 Å². The number of nitrogens with two attached hydrogens (primary N) is 1. The van der Waals surface area contributed by atoms with Gasteiger partial charge in [-0.15, -0.1) is 0 Å². The standard InChI is InChI=1S/C11H22N6O/c1-7(2)11(3,4)6-13-8-14-9(17-12)16-10(15-8)18-5/h7H,6,12H2,1-5H3,(H2,13,14,15,16,17). The first-order valence-corrected chi connectivity index (χ1v) is 5.89. The van der Waals surface area contributed by atoms with E-state index in [1.54, 1.807) is 0 Å². The summed E-state index contributed by atoms with van der Waals surface area (Å²) in [5.74, 6) is 6.55. The highest BCUT2D eigenvalue weighted by molar-refractivity contribution is 5.35. The lowest BCUT2D eigenvalue weighted by molar-refractivity contribution is 0.269. The third kappa shape index (κ3) is 3.69. The van der Waals surface area contributed by atoms with Gasteiger partial charge >= 0.3 is 6.01 Å². The van der Waals surface area contributed by atoms with Gasteiger partial charge in [0.15, 0.2) is 0 Å². The molecule has 0 unspecified atom stereocenters. The van der Waals surface area contributed by atoms with E-state index in [1.807, 2.05) is 0 Å². The van der Waals surface area contributed by atoms with E-state index in [0.717, 1.165) is 6.54 Å². The van der Waals surface area contributed by atoms with Crippen molar-refractivity contribution in [3.63, 3.8) is 0 Å². The predicted molar refractivity (Wildman–Crippen MR) is 71.3 cm³/mol. The topological polar surface area (TPSA) is 98.0 Å². The zero-order chi connectivity index (χ0) is 13.8. The van der Waals surface area contributed by atoms with E-state index in [0.29, 0.717) is 11.9 Å². The minimum atomic E-state index is 0.135. The van der Waals surface area contributed by atoms with Gasteiger partial charge in [0.25, 0.3) is 0 Å². The van der Waals surface area contributed by atoms with Gasteiger partial charge in [0.2, 0.25) is 11.9 Å². The van der Waals surface area contributed by atoms with Crippen molar-refractivity contribution in [1.29, 1.82) is 0 Å². The quantitative estimate of drug-likeness (QED) is 0.519. The molecule has 0 fully saturated rings. The summed E-state index contributed by atoms with van der Waals surface area (Å²) in [4.78, 5) is 12.2. The van der Waals surface area contributed by atoms with E-state index in [1.165, 1.54) is 7.11 Å². The molecule has 0 aliphatic rings. The summed E-state index contributed by atoms with van der Waals surface area (Å²) < 4.78 is 4.98. The number of aromatic nitrogens is 3. The lowest BCUT2D eigenvalue weighted by Crippen LogP contribution is -2.29. The van der Waals surface area contributed by atoms with E-state index < -0.39 is 0 Å². The van der Waals surface area contributed by atoms with Crippen LogP contribution in [0.4, 0.5) is 11.9 Å². The lowest BCUT2D eigenvalue weighted by atomic mass is 9.81. The highest BCUT2D eigenvalue weighted by Crippen LogP contribution is 2.26. The fourth-order valence-corrected chi connectivity index (χ4v) is 1.10. The van der Waals surface area contributed by atoms with Crippen LogP contribution in [0.25, 0.3) is 0 Å². The Labute approximate surface area is 108 Å². The maximum atomic E-state index is 5.29. The lowest BCUT2D eigenvalue weighted by Gasteiger charge is -2.29. The van der Waals surface area contributed by atoms with Crippen LogP contribution in [0.5, 0.6) is 6.01 Å². The summed E-state index contributed by atoms with van der Waals surface area (Å²) in [7, 11) is 1.50. The van der Waals surface area contributed by atoms with E-state index in [2.05, 4.69) is 53.4 Å². The molecular formula is C11H22N6O. The van der Waals surface area contributed by atoms with Gasteiger partial charge in [-0.2, -0.15) is 15.0 Å². The third-order valence-electron chi connectivity index (χ3n) is 3.19. The molecule has 7 nitrogen and oxygen atoms in total. The summed E-state index contributed by atoms with van der Waals surface area (Å²) in [6.07, 6.45) is 0. The van der Waals surface area contributed by atoms with Crippen LogP contribution in [0.1, 0.15) is 27.7 Å². The van der Waals surface area contributed by atoms with E-state index in [9.17, 15) is 0 Å². The maximum absolute atomic E-state index is 5.29. The number of hydrogen-bond acceptors (Lipinski definition) is 7. The Morgan fingerprint density at radius 1 is 1.22 bits per heavy atom. The average molecular weight is 254 g/mol. The van der Waals surface area contributed by atoms with Crippen molar-refractivity contribution >= 4 is 11.9 Å². The Morgan fingerprint density at radius 2 is 1.83 bits per heavy atom. The first-order chi connectivity index (χ1) is 8.39. The van der Waals surface area contributed by atoms with Gasteiger partial charge in [-0.25, -0.2) is 5.84 Å². The fourth-order valence-electron chi connectivity index (χ4n) is 1.10. The van der Waals surface area contributed by atoms with Gasteiger partial charge in [0, 0.05) is 6.54 Å². The van der Waals surface area contributed by atoms with Gasteiger partial charge in [-0.05, 0) is 11.3 Å². The zero-order valence-corrected chi connectivity index (χ0v) is 11.6. The molecule has 4 N–H and O–H groups in total. The highest BCUT2D eigenvalue weighted by atomic mass is 16.5. The molecule has 0 amide bonds. The number of nitrogens with zero attached hydrogens (tertiary/aromatic N) is 3. The minimum Gasteiger partial charge on any atom is -0.467 e. The van der Waals surface area contributed by atoms with Crippen LogP contribution in [0, 0.1) is 11.3 Å². The van der Waals surface area contributed by atoms with Gasteiger partial charge in [0.05, 0.1) is 7.11 Å². The summed E-state index contributed by atoms with van der Waals surface area (Å²) in [6.45, 7) is 9.49. The molecule has 0 radical (unpaired) electrons. The minimum absolute atomic E-state index is 0.135. The predicted octanol–water partition coefficient (Wildman–Crippen LogP) is 1.26. The van der Waals surface area contributed by atoms with Crippen molar-refractivity contribution in [1.82, 2.24) is 15.0 Å². The third-order valence-corrected chi connectivity index (χ3v) is 3.19. The second-order valence-electron chi connectivity index (χ2n) is 5.11. The largest absolute Gasteiger partial charge is 0.467 e. The number of ether oxygens (including phenoxy) is 1.